The van der Waals surface area contributed by atoms with Crippen LogP contribution in [0.3, 0.4) is 0 Å². The molecule has 5 aliphatic heterocycles. The lowest BCUT2D eigenvalue weighted by atomic mass is 9.76. The molecule has 0 radical (unpaired) electrons. The fraction of sp³-hybridized carbons (Fsp3) is 0.922. The largest absolute Gasteiger partial charge is 0.459 e. The number of hydrogen-bond donors (Lipinski definition) is 2. The molecule has 18 nitrogen and oxygen atoms in total. The second-order valence-corrected chi connectivity index (χ2v) is 21.5. The summed E-state index contributed by atoms with van der Waals surface area (Å²) in [5.41, 5.74) is -4.57. The molecule has 0 bridgehead atoms. The van der Waals surface area contributed by atoms with E-state index < -0.39 is 108 Å². The third kappa shape index (κ3) is 13.1. The summed E-state index contributed by atoms with van der Waals surface area (Å²) in [6, 6.07) is -0.478. The van der Waals surface area contributed by atoms with Crippen molar-refractivity contribution in [1.82, 2.24) is 9.80 Å². The number of ether oxygens (including phenoxy) is 12. The number of cyclic esters (lactones) is 1. The molecule has 5 rings (SSSR count). The number of nitrogens with zero attached hydrogens (tertiary/aromatic N) is 2. The molecule has 20 atom stereocenters. The van der Waals surface area contributed by atoms with Gasteiger partial charge in [0.25, 0.3) is 0 Å². The summed E-state index contributed by atoms with van der Waals surface area (Å²) in [6.45, 7) is 27.3. The first-order chi connectivity index (χ1) is 32.4. The van der Waals surface area contributed by atoms with Crippen molar-refractivity contribution < 1.29 is 76.6 Å². The number of aliphatic hydroxyl groups is 2. The van der Waals surface area contributed by atoms with Crippen LogP contribution in [0.5, 0.6) is 0 Å². The quantitative estimate of drug-likeness (QED) is 0.0787. The maximum Gasteiger partial charge on any atom is 0.311 e. The second-order valence-electron chi connectivity index (χ2n) is 21.5. The Hall–Kier alpha value is -1.88. The minimum Gasteiger partial charge on any atom is -0.459 e. The minimum atomic E-state index is -1.58. The zero-order chi connectivity index (χ0) is 51.2. The van der Waals surface area contributed by atoms with E-state index in [0.29, 0.717) is 58.8 Å². The van der Waals surface area contributed by atoms with Crippen molar-refractivity contribution in [3.63, 3.8) is 0 Å². The van der Waals surface area contributed by atoms with Crippen molar-refractivity contribution in [1.29, 1.82) is 0 Å². The average Bonchev–Trinajstić information content (AvgIpc) is 3.95. The Kier molecular flexibility index (Phi) is 20.5. The van der Waals surface area contributed by atoms with Crippen LogP contribution >= 0.6 is 0 Å². The van der Waals surface area contributed by atoms with Crippen LogP contribution in [0.25, 0.3) is 0 Å². The van der Waals surface area contributed by atoms with Crippen molar-refractivity contribution in [2.24, 2.45) is 17.8 Å². The van der Waals surface area contributed by atoms with E-state index in [-0.39, 0.29) is 36.9 Å². The van der Waals surface area contributed by atoms with Crippen LogP contribution in [0.4, 0.5) is 0 Å². The number of carbonyl (C=O) groups is 2. The fourth-order valence-corrected chi connectivity index (χ4v) is 11.7. The lowest BCUT2D eigenvalue weighted by Crippen LogP contribution is -2.68. The SMILES string of the molecule is C=CCOCCCOCCCO[C@H]1[C@H](C)OC(O[C@H]2[C@H](C)[C@@H](O[C@@H]3O[C@H](C)C[C@H](N(C)C)[C@H]3OC(C)=O)[C@](C)(O)C[C@@H](C)CN(C)[C@H](C)[C@H]3O[C@@H](O)C34O[C@]4(C)[C@@H](CC)OC(=O)[C@@H]2C)C[C@@]1(C)OC. The molecule has 5 aliphatic rings. The van der Waals surface area contributed by atoms with Crippen LogP contribution in [-0.2, 0) is 66.4 Å². The number of carbonyl (C=O) groups excluding carboxylic acids is 2. The predicted octanol–water partition coefficient (Wildman–Crippen LogP) is 4.63. The monoisotopic (exact) mass is 987 g/mol. The van der Waals surface area contributed by atoms with E-state index in [2.05, 4.69) is 18.4 Å². The Labute approximate surface area is 412 Å². The molecule has 18 heteroatoms. The summed E-state index contributed by atoms with van der Waals surface area (Å²) < 4.78 is 76.1. The van der Waals surface area contributed by atoms with Gasteiger partial charge in [-0.3, -0.25) is 9.59 Å². The summed E-state index contributed by atoms with van der Waals surface area (Å²) >= 11 is 0. The first-order valence-electron chi connectivity index (χ1n) is 25.5. The van der Waals surface area contributed by atoms with Crippen LogP contribution < -0.4 is 0 Å². The molecule has 5 saturated heterocycles. The van der Waals surface area contributed by atoms with Gasteiger partial charge in [0.15, 0.2) is 30.6 Å². The molecule has 0 saturated carbocycles. The Bertz CT molecular complexity index is 1660. The number of aliphatic hydroxyl groups excluding tert-OH is 1. The van der Waals surface area contributed by atoms with E-state index in [1.165, 1.54) is 6.92 Å². The second kappa shape index (κ2) is 24.4. The van der Waals surface area contributed by atoms with Crippen LogP contribution in [0, 0.1) is 17.8 Å². The van der Waals surface area contributed by atoms with E-state index in [9.17, 15) is 19.8 Å². The summed E-state index contributed by atoms with van der Waals surface area (Å²) in [7, 11) is 7.46. The average molecular weight is 987 g/mol. The predicted molar refractivity (Wildman–Crippen MR) is 255 cm³/mol. The number of hydrogen-bond acceptors (Lipinski definition) is 18. The number of rotatable bonds is 19. The zero-order valence-electron chi connectivity index (χ0n) is 44.5. The number of likely N-dealkylation sites (N-methyl/N-ethyl adjacent to an activating group) is 2. The highest BCUT2D eigenvalue weighted by Gasteiger charge is 2.85. The van der Waals surface area contributed by atoms with Gasteiger partial charge in [0.1, 0.15) is 23.9 Å². The Morgan fingerprint density at radius 2 is 1.61 bits per heavy atom. The normalized spacial score (nSPS) is 44.6. The Morgan fingerprint density at radius 1 is 0.942 bits per heavy atom. The van der Waals surface area contributed by atoms with Gasteiger partial charge in [0, 0.05) is 65.4 Å². The van der Waals surface area contributed by atoms with Crippen LogP contribution in [-0.4, -0.2) is 202 Å². The summed E-state index contributed by atoms with van der Waals surface area (Å²) in [5.74, 6) is -2.90. The van der Waals surface area contributed by atoms with Gasteiger partial charge in [0.05, 0.1) is 54.2 Å². The first-order valence-corrected chi connectivity index (χ1v) is 25.5. The molecule has 2 N–H and O–H groups in total. The van der Waals surface area contributed by atoms with Crippen molar-refractivity contribution in [3.05, 3.63) is 12.7 Å². The summed E-state index contributed by atoms with van der Waals surface area (Å²) in [5, 5.41) is 24.2. The van der Waals surface area contributed by atoms with E-state index in [0.717, 1.165) is 6.42 Å². The molecule has 5 fully saturated rings. The maximum atomic E-state index is 14.8. The fourth-order valence-electron chi connectivity index (χ4n) is 11.7. The lowest BCUT2D eigenvalue weighted by molar-refractivity contribution is -0.321. The van der Waals surface area contributed by atoms with Crippen LogP contribution in [0.15, 0.2) is 12.7 Å². The van der Waals surface area contributed by atoms with Gasteiger partial charge in [-0.2, -0.15) is 0 Å². The lowest BCUT2D eigenvalue weighted by Gasteiger charge is -2.50. The molecule has 400 valence electrons. The smallest absolute Gasteiger partial charge is 0.311 e. The van der Waals surface area contributed by atoms with Gasteiger partial charge >= 0.3 is 11.9 Å². The third-order valence-corrected chi connectivity index (χ3v) is 15.5. The molecule has 0 aromatic carbocycles. The number of methoxy groups -OCH3 is 1. The molecule has 5 heterocycles. The first kappa shape index (κ1) is 58.0. The summed E-state index contributed by atoms with van der Waals surface area (Å²) in [4.78, 5) is 31.7. The molecular weight excluding hydrogens is 897 g/mol. The van der Waals surface area contributed by atoms with Crippen molar-refractivity contribution >= 4 is 11.9 Å². The number of esters is 2. The van der Waals surface area contributed by atoms with Gasteiger partial charge < -0.3 is 76.9 Å². The van der Waals surface area contributed by atoms with E-state index in [4.69, 9.17) is 56.8 Å². The zero-order valence-corrected chi connectivity index (χ0v) is 44.5. The van der Waals surface area contributed by atoms with E-state index in [1.807, 2.05) is 74.5 Å². The highest BCUT2D eigenvalue weighted by molar-refractivity contribution is 5.73. The van der Waals surface area contributed by atoms with E-state index >= 15 is 0 Å². The molecule has 0 aromatic rings. The van der Waals surface area contributed by atoms with Gasteiger partial charge in [-0.1, -0.05) is 26.8 Å². The standard InChI is InChI=1S/C51H90N2O16/c1-17-21-59-22-19-23-60-24-20-25-61-44-35(8)63-39(28-49(44,11)58-16)66-40-32(5)42(67-46-41(64-36(9)54)37(52(13)14)26-31(4)62-46)48(10,57)27-30(3)29-53(15)34(7)43-51(47(56)68-43)50(12,69-51)38(18-2)65-45(55)33(40)6/h17,30-35,37-44,46-47,56-57H,1,18-29H2,2-16H3/t30-,31-,32+,33-,34-,35+,37+,38-,39?,40+,41-,42-,43-,44+,46+,47-,48-,49-,50-,51?/m1/s1. The maximum absolute atomic E-state index is 14.8. The van der Waals surface area contributed by atoms with E-state index in [1.54, 1.807) is 27.0 Å². The highest BCUT2D eigenvalue weighted by atomic mass is 16.8. The molecule has 0 aliphatic carbocycles. The van der Waals surface area contributed by atoms with Gasteiger partial charge in [-0.05, 0) is 108 Å². The van der Waals surface area contributed by atoms with Crippen molar-refractivity contribution in [2.45, 2.75) is 217 Å². The summed E-state index contributed by atoms with van der Waals surface area (Å²) in [6.07, 6.45) is -4.01. The Morgan fingerprint density at radius 3 is 2.22 bits per heavy atom. The third-order valence-electron chi connectivity index (χ3n) is 15.5. The highest BCUT2D eigenvalue weighted by Crippen LogP contribution is 2.63. The Balaban J connectivity index is 1.48. The molecule has 0 amide bonds. The molecular formula is C51H90N2O16. The topological polar surface area (TPSA) is 195 Å². The molecule has 2 unspecified atom stereocenters. The van der Waals surface area contributed by atoms with Crippen LogP contribution in [0.1, 0.15) is 115 Å². The molecule has 0 aromatic heterocycles. The number of epoxide rings is 1. The van der Waals surface area contributed by atoms with Gasteiger partial charge in [-0.15, -0.1) is 6.58 Å². The van der Waals surface area contributed by atoms with Crippen molar-refractivity contribution in [3.8, 4) is 0 Å². The molecule has 1 spiro atoms. The van der Waals surface area contributed by atoms with Gasteiger partial charge in [0.2, 0.25) is 0 Å². The minimum absolute atomic E-state index is 0.114. The van der Waals surface area contributed by atoms with Gasteiger partial charge in [-0.25, -0.2) is 0 Å². The molecule has 69 heavy (non-hydrogen) atoms. The van der Waals surface area contributed by atoms with Crippen molar-refractivity contribution in [2.75, 3.05) is 67.8 Å². The van der Waals surface area contributed by atoms with Crippen LogP contribution in [0.2, 0.25) is 0 Å².